The number of carbonyl (C=O) groups excluding carboxylic acids is 1. The number of carbonyl (C=O) groups is 1. The molecule has 0 unspecified atom stereocenters. The van der Waals surface area contributed by atoms with Gasteiger partial charge in [0, 0.05) is 24.3 Å². The molecule has 0 N–H and O–H groups in total. The van der Waals surface area contributed by atoms with Gasteiger partial charge >= 0.3 is 0 Å². The van der Waals surface area contributed by atoms with E-state index in [2.05, 4.69) is 9.97 Å². The monoisotopic (exact) mass is 359 g/mol. The lowest BCUT2D eigenvalue weighted by Crippen LogP contribution is -2.41. The minimum absolute atomic E-state index is 0.101. The Bertz CT molecular complexity index is 731. The van der Waals surface area contributed by atoms with Crippen LogP contribution in [0.3, 0.4) is 0 Å². The third-order valence-electron chi connectivity index (χ3n) is 3.91. The van der Waals surface area contributed by atoms with Gasteiger partial charge in [0.05, 0.1) is 31.8 Å². The van der Waals surface area contributed by atoms with Gasteiger partial charge in [0.2, 0.25) is 5.91 Å². The van der Waals surface area contributed by atoms with Crippen LogP contribution < -0.4 is 4.74 Å². The van der Waals surface area contributed by atoms with Crippen LogP contribution in [0.25, 0.3) is 11.3 Å². The maximum Gasteiger partial charge on any atom is 0.233 e. The highest BCUT2D eigenvalue weighted by Crippen LogP contribution is 2.24. The summed E-state index contributed by atoms with van der Waals surface area (Å²) >= 11 is 1.37. The fraction of sp³-hybridized carbons (Fsp3) is 0.389. The predicted octanol–water partition coefficient (Wildman–Crippen LogP) is 2.41. The van der Waals surface area contributed by atoms with Gasteiger partial charge in [0.25, 0.3) is 0 Å². The van der Waals surface area contributed by atoms with Gasteiger partial charge in [-0.3, -0.25) is 4.79 Å². The van der Waals surface area contributed by atoms with E-state index in [9.17, 15) is 4.79 Å². The number of amides is 1. The van der Waals surface area contributed by atoms with Gasteiger partial charge in [-0.15, -0.1) is 0 Å². The lowest BCUT2D eigenvalue weighted by Gasteiger charge is -2.26. The predicted molar refractivity (Wildman–Crippen MR) is 96.9 cm³/mol. The largest absolute Gasteiger partial charge is 0.497 e. The number of methoxy groups -OCH3 is 1. The van der Waals surface area contributed by atoms with Crippen molar-refractivity contribution < 1.29 is 14.3 Å². The molecule has 1 amide bonds. The van der Waals surface area contributed by atoms with Gasteiger partial charge in [0.15, 0.2) is 5.16 Å². The molecule has 0 spiro atoms. The normalized spacial score (nSPS) is 14.4. The van der Waals surface area contributed by atoms with E-state index in [0.717, 1.165) is 22.7 Å². The number of benzene rings is 1. The molecule has 1 aromatic carbocycles. The van der Waals surface area contributed by atoms with Crippen molar-refractivity contribution in [2.45, 2.75) is 12.1 Å². The van der Waals surface area contributed by atoms with E-state index in [1.807, 2.05) is 42.2 Å². The molecule has 1 aromatic heterocycles. The third kappa shape index (κ3) is 4.70. The Hall–Kier alpha value is -2.12. The van der Waals surface area contributed by atoms with Crippen LogP contribution in [0.2, 0.25) is 0 Å². The first kappa shape index (κ1) is 17.7. The molecule has 25 heavy (non-hydrogen) atoms. The summed E-state index contributed by atoms with van der Waals surface area (Å²) in [7, 11) is 1.64. The Morgan fingerprint density at radius 1 is 1.24 bits per heavy atom. The molecular weight excluding hydrogens is 338 g/mol. The second kappa shape index (κ2) is 8.31. The van der Waals surface area contributed by atoms with Gasteiger partial charge < -0.3 is 14.4 Å². The van der Waals surface area contributed by atoms with E-state index >= 15 is 0 Å². The van der Waals surface area contributed by atoms with Gasteiger partial charge in [-0.2, -0.15) is 0 Å². The van der Waals surface area contributed by atoms with E-state index in [0.29, 0.717) is 37.2 Å². The SMILES string of the molecule is COc1ccc(-c2cc(C)nc(SCC(=O)N3CCOCC3)n2)cc1. The molecule has 132 valence electrons. The van der Waals surface area contributed by atoms with Crippen LogP contribution in [0.4, 0.5) is 0 Å². The molecule has 2 aromatic rings. The molecule has 0 bridgehead atoms. The summed E-state index contributed by atoms with van der Waals surface area (Å²) in [5.41, 5.74) is 2.71. The van der Waals surface area contributed by atoms with Crippen molar-refractivity contribution in [3.05, 3.63) is 36.0 Å². The molecule has 0 radical (unpaired) electrons. The number of ether oxygens (including phenoxy) is 2. The highest BCUT2D eigenvalue weighted by atomic mass is 32.2. The maximum absolute atomic E-state index is 12.3. The number of morpholine rings is 1. The fourth-order valence-corrected chi connectivity index (χ4v) is 3.35. The molecule has 1 fully saturated rings. The Kier molecular flexibility index (Phi) is 5.88. The summed E-state index contributed by atoms with van der Waals surface area (Å²) in [5.74, 6) is 1.25. The van der Waals surface area contributed by atoms with E-state index < -0.39 is 0 Å². The van der Waals surface area contributed by atoms with Crippen molar-refractivity contribution in [2.75, 3.05) is 39.2 Å². The first-order valence-corrected chi connectivity index (χ1v) is 9.13. The smallest absolute Gasteiger partial charge is 0.233 e. The zero-order valence-corrected chi connectivity index (χ0v) is 15.2. The first-order valence-electron chi connectivity index (χ1n) is 8.14. The summed E-state index contributed by atoms with van der Waals surface area (Å²) < 4.78 is 10.5. The van der Waals surface area contributed by atoms with Crippen LogP contribution in [-0.4, -0.2) is 59.9 Å². The van der Waals surface area contributed by atoms with Crippen LogP contribution in [0.5, 0.6) is 5.75 Å². The van der Waals surface area contributed by atoms with Gasteiger partial charge in [-0.05, 0) is 37.3 Å². The summed E-state index contributed by atoms with van der Waals surface area (Å²) in [6, 6.07) is 9.68. The number of hydrogen-bond donors (Lipinski definition) is 0. The van der Waals surface area contributed by atoms with Crippen LogP contribution in [-0.2, 0) is 9.53 Å². The number of aromatic nitrogens is 2. The zero-order chi connectivity index (χ0) is 17.6. The average Bonchev–Trinajstić information content (AvgIpc) is 2.66. The quantitative estimate of drug-likeness (QED) is 0.603. The van der Waals surface area contributed by atoms with Crippen molar-refractivity contribution >= 4 is 17.7 Å². The van der Waals surface area contributed by atoms with Crippen molar-refractivity contribution in [3.8, 4) is 17.0 Å². The van der Waals surface area contributed by atoms with E-state index in [-0.39, 0.29) is 5.91 Å². The van der Waals surface area contributed by atoms with Crippen molar-refractivity contribution in [3.63, 3.8) is 0 Å². The molecule has 1 saturated heterocycles. The van der Waals surface area contributed by atoms with E-state index in [1.54, 1.807) is 7.11 Å². The van der Waals surface area contributed by atoms with Crippen LogP contribution in [0, 0.1) is 6.92 Å². The molecule has 1 aliphatic heterocycles. The second-order valence-electron chi connectivity index (χ2n) is 5.69. The van der Waals surface area contributed by atoms with E-state index in [4.69, 9.17) is 9.47 Å². The second-order valence-corrected chi connectivity index (χ2v) is 6.63. The third-order valence-corrected chi connectivity index (χ3v) is 4.74. The molecule has 6 nitrogen and oxygen atoms in total. The molecule has 1 aliphatic rings. The molecule has 7 heteroatoms. The number of rotatable bonds is 5. The maximum atomic E-state index is 12.3. The first-order chi connectivity index (χ1) is 12.2. The van der Waals surface area contributed by atoms with Gasteiger partial charge in [-0.1, -0.05) is 11.8 Å². The summed E-state index contributed by atoms with van der Waals surface area (Å²) in [5, 5.41) is 0.618. The molecule has 0 atom stereocenters. The number of nitrogens with zero attached hydrogens (tertiary/aromatic N) is 3. The van der Waals surface area contributed by atoms with Gasteiger partial charge in [-0.25, -0.2) is 9.97 Å². The Morgan fingerprint density at radius 2 is 1.96 bits per heavy atom. The molecule has 2 heterocycles. The van der Waals surface area contributed by atoms with Crippen LogP contribution >= 0.6 is 11.8 Å². The summed E-state index contributed by atoms with van der Waals surface area (Å²) in [6.07, 6.45) is 0. The molecular formula is C18H21N3O3S. The summed E-state index contributed by atoms with van der Waals surface area (Å²) in [4.78, 5) is 23.1. The Labute approximate surface area is 151 Å². The van der Waals surface area contributed by atoms with Crippen molar-refractivity contribution in [2.24, 2.45) is 0 Å². The molecule has 0 aliphatic carbocycles. The van der Waals surface area contributed by atoms with Gasteiger partial charge in [0.1, 0.15) is 5.75 Å². The van der Waals surface area contributed by atoms with Crippen LogP contribution in [0.15, 0.2) is 35.5 Å². The zero-order valence-electron chi connectivity index (χ0n) is 14.4. The Morgan fingerprint density at radius 3 is 2.64 bits per heavy atom. The fourth-order valence-electron chi connectivity index (χ4n) is 2.55. The highest BCUT2D eigenvalue weighted by Gasteiger charge is 2.17. The Balaban J connectivity index is 1.69. The van der Waals surface area contributed by atoms with E-state index in [1.165, 1.54) is 11.8 Å². The number of hydrogen-bond acceptors (Lipinski definition) is 6. The minimum Gasteiger partial charge on any atom is -0.497 e. The molecule has 0 saturated carbocycles. The summed E-state index contributed by atoms with van der Waals surface area (Å²) in [6.45, 7) is 4.47. The average molecular weight is 359 g/mol. The highest BCUT2D eigenvalue weighted by molar-refractivity contribution is 7.99. The standard InChI is InChI=1S/C18H21N3O3S/c1-13-11-16(14-3-5-15(23-2)6-4-14)20-18(19-13)25-12-17(22)21-7-9-24-10-8-21/h3-6,11H,7-10,12H2,1-2H3. The van der Waals surface area contributed by atoms with Crippen molar-refractivity contribution in [1.29, 1.82) is 0 Å². The van der Waals surface area contributed by atoms with Crippen LogP contribution in [0.1, 0.15) is 5.69 Å². The minimum atomic E-state index is 0.101. The lowest BCUT2D eigenvalue weighted by atomic mass is 10.1. The number of aryl methyl sites for hydroxylation is 1. The number of thioether (sulfide) groups is 1. The van der Waals surface area contributed by atoms with Crippen molar-refractivity contribution in [1.82, 2.24) is 14.9 Å². The molecule has 3 rings (SSSR count). The lowest BCUT2D eigenvalue weighted by molar-refractivity contribution is -0.132. The topological polar surface area (TPSA) is 64.5 Å².